The molecule has 94 valence electrons. The van der Waals surface area contributed by atoms with Crippen molar-refractivity contribution >= 4 is 23.1 Å². The summed E-state index contributed by atoms with van der Waals surface area (Å²) in [6.45, 7) is 4.08. The van der Waals surface area contributed by atoms with E-state index in [-0.39, 0.29) is 11.7 Å². The van der Waals surface area contributed by atoms with E-state index in [4.69, 9.17) is 5.11 Å². The molecular weight excluding hydrogens is 250 g/mol. The zero-order chi connectivity index (χ0) is 13.1. The summed E-state index contributed by atoms with van der Waals surface area (Å²) < 4.78 is 0. The molecule has 0 aromatic carbocycles. The van der Waals surface area contributed by atoms with Crippen molar-refractivity contribution in [2.75, 3.05) is 5.32 Å². The maximum Gasteiger partial charge on any atom is 0.356 e. The Hall–Kier alpha value is -1.95. The minimum absolute atomic E-state index is 0.0554. The molecule has 2 heterocycles. The number of thiophene rings is 1. The molecule has 2 aromatic heterocycles. The second kappa shape index (κ2) is 5.14. The summed E-state index contributed by atoms with van der Waals surface area (Å²) in [5, 5.41) is 19.4. The second-order valence-corrected chi connectivity index (χ2v) is 5.24. The van der Waals surface area contributed by atoms with Gasteiger partial charge in [-0.05, 0) is 38.1 Å². The normalized spacial score (nSPS) is 12.1. The van der Waals surface area contributed by atoms with Gasteiger partial charge in [0.15, 0.2) is 5.69 Å². The molecule has 2 rings (SSSR count). The van der Waals surface area contributed by atoms with Crippen LogP contribution in [0.5, 0.6) is 0 Å². The summed E-state index contributed by atoms with van der Waals surface area (Å²) >= 11 is 1.72. The lowest BCUT2D eigenvalue weighted by molar-refractivity contribution is 0.0689. The Kier molecular flexibility index (Phi) is 3.57. The Labute approximate surface area is 109 Å². The molecule has 0 fully saturated rings. The lowest BCUT2D eigenvalue weighted by atomic mass is 10.2. The summed E-state index contributed by atoms with van der Waals surface area (Å²) in [5.74, 6) is -0.505. The van der Waals surface area contributed by atoms with E-state index in [1.807, 2.05) is 6.92 Å². The maximum absolute atomic E-state index is 10.6. The highest BCUT2D eigenvalue weighted by molar-refractivity contribution is 7.12. The molecule has 0 aliphatic rings. The Morgan fingerprint density at radius 3 is 2.61 bits per heavy atom. The quantitative estimate of drug-likeness (QED) is 0.887. The van der Waals surface area contributed by atoms with Gasteiger partial charge in [-0.3, -0.25) is 0 Å². The van der Waals surface area contributed by atoms with E-state index in [1.54, 1.807) is 17.4 Å². The van der Waals surface area contributed by atoms with Gasteiger partial charge in [-0.25, -0.2) is 4.79 Å². The third kappa shape index (κ3) is 2.84. The number of hydrogen-bond acceptors (Lipinski definition) is 5. The topological polar surface area (TPSA) is 75.1 Å². The van der Waals surface area contributed by atoms with Crippen LogP contribution < -0.4 is 5.32 Å². The Morgan fingerprint density at radius 2 is 2.11 bits per heavy atom. The highest BCUT2D eigenvalue weighted by atomic mass is 32.1. The third-order valence-electron chi connectivity index (χ3n) is 2.44. The van der Waals surface area contributed by atoms with Crippen LogP contribution in [0.15, 0.2) is 24.3 Å². The molecule has 0 amide bonds. The van der Waals surface area contributed by atoms with Gasteiger partial charge in [0.1, 0.15) is 5.82 Å². The van der Waals surface area contributed by atoms with E-state index < -0.39 is 5.97 Å². The first-order valence-corrected chi connectivity index (χ1v) is 6.28. The van der Waals surface area contributed by atoms with Gasteiger partial charge in [0.25, 0.3) is 0 Å². The van der Waals surface area contributed by atoms with Crippen molar-refractivity contribution in [1.82, 2.24) is 10.2 Å². The molecule has 1 atom stereocenters. The molecule has 0 saturated heterocycles. The number of aryl methyl sites for hydroxylation is 1. The molecule has 0 saturated carbocycles. The first kappa shape index (κ1) is 12.5. The highest BCUT2D eigenvalue weighted by Gasteiger charge is 2.10. The second-order valence-electron chi connectivity index (χ2n) is 3.92. The fourth-order valence-corrected chi connectivity index (χ4v) is 2.38. The van der Waals surface area contributed by atoms with Gasteiger partial charge in [0.2, 0.25) is 0 Å². The van der Waals surface area contributed by atoms with Crippen LogP contribution in [0.4, 0.5) is 5.82 Å². The van der Waals surface area contributed by atoms with Crippen molar-refractivity contribution in [3.8, 4) is 0 Å². The number of nitrogens with zero attached hydrogens (tertiary/aromatic N) is 2. The number of carboxylic acids is 1. The standard InChI is InChI=1S/C12H13N3O2S/c1-7-3-5-10(18-7)8(2)13-11-6-4-9(12(16)17)14-15-11/h3-6,8H,1-2H3,(H,13,15)(H,16,17). The number of aromatic nitrogens is 2. The van der Waals surface area contributed by atoms with Gasteiger partial charge in [0, 0.05) is 9.75 Å². The maximum atomic E-state index is 10.6. The highest BCUT2D eigenvalue weighted by Crippen LogP contribution is 2.24. The molecule has 0 spiro atoms. The van der Waals surface area contributed by atoms with Crippen molar-refractivity contribution in [2.45, 2.75) is 19.9 Å². The van der Waals surface area contributed by atoms with Gasteiger partial charge >= 0.3 is 5.97 Å². The van der Waals surface area contributed by atoms with Crippen molar-refractivity contribution in [1.29, 1.82) is 0 Å². The molecular formula is C12H13N3O2S. The molecule has 0 aliphatic heterocycles. The van der Waals surface area contributed by atoms with E-state index in [9.17, 15) is 4.79 Å². The SMILES string of the molecule is Cc1ccc(C(C)Nc2ccc(C(=O)O)nn2)s1. The van der Waals surface area contributed by atoms with Crippen LogP contribution in [-0.4, -0.2) is 21.3 Å². The number of carbonyl (C=O) groups is 1. The molecule has 1 unspecified atom stereocenters. The summed E-state index contributed by atoms with van der Waals surface area (Å²) in [6.07, 6.45) is 0. The van der Waals surface area contributed by atoms with Crippen LogP contribution in [0.3, 0.4) is 0 Å². The van der Waals surface area contributed by atoms with Gasteiger partial charge in [-0.2, -0.15) is 0 Å². The minimum Gasteiger partial charge on any atom is -0.476 e. The number of nitrogens with one attached hydrogen (secondary N) is 1. The third-order valence-corrected chi connectivity index (χ3v) is 3.62. The van der Waals surface area contributed by atoms with Crippen molar-refractivity contribution in [3.05, 3.63) is 39.7 Å². The molecule has 6 heteroatoms. The first-order chi connectivity index (χ1) is 8.56. The van der Waals surface area contributed by atoms with E-state index in [2.05, 4.69) is 34.6 Å². The van der Waals surface area contributed by atoms with Gasteiger partial charge < -0.3 is 10.4 Å². The van der Waals surface area contributed by atoms with Gasteiger partial charge in [-0.15, -0.1) is 21.5 Å². The van der Waals surface area contributed by atoms with Gasteiger partial charge in [-0.1, -0.05) is 0 Å². The lowest BCUT2D eigenvalue weighted by Crippen LogP contribution is -2.09. The van der Waals surface area contributed by atoms with Crippen LogP contribution in [0.25, 0.3) is 0 Å². The van der Waals surface area contributed by atoms with Crippen LogP contribution in [0, 0.1) is 6.92 Å². The van der Waals surface area contributed by atoms with E-state index in [1.165, 1.54) is 15.8 Å². The average molecular weight is 263 g/mol. The summed E-state index contributed by atoms with van der Waals surface area (Å²) in [7, 11) is 0. The van der Waals surface area contributed by atoms with Crippen molar-refractivity contribution in [3.63, 3.8) is 0 Å². The van der Waals surface area contributed by atoms with Gasteiger partial charge in [0.05, 0.1) is 6.04 Å². The first-order valence-electron chi connectivity index (χ1n) is 5.46. The largest absolute Gasteiger partial charge is 0.476 e. The average Bonchev–Trinajstić information content (AvgIpc) is 2.76. The lowest BCUT2D eigenvalue weighted by Gasteiger charge is -2.12. The number of hydrogen-bond donors (Lipinski definition) is 2. The fourth-order valence-electron chi connectivity index (χ4n) is 1.50. The zero-order valence-electron chi connectivity index (χ0n) is 10.0. The summed E-state index contributed by atoms with van der Waals surface area (Å²) in [5.41, 5.74) is -0.0554. The van der Waals surface area contributed by atoms with E-state index >= 15 is 0 Å². The Bertz CT molecular complexity index is 551. The molecule has 2 aromatic rings. The molecule has 0 bridgehead atoms. The predicted octanol–water partition coefficient (Wildman–Crippen LogP) is 2.72. The van der Waals surface area contributed by atoms with E-state index in [0.29, 0.717) is 5.82 Å². The number of carboxylic acid groups (broad SMARTS) is 1. The fraction of sp³-hybridized carbons (Fsp3) is 0.250. The van der Waals surface area contributed by atoms with Crippen LogP contribution in [0.1, 0.15) is 33.2 Å². The molecule has 0 aliphatic carbocycles. The summed E-state index contributed by atoms with van der Waals surface area (Å²) in [4.78, 5) is 13.1. The molecule has 0 radical (unpaired) electrons. The van der Waals surface area contributed by atoms with Crippen molar-refractivity contribution < 1.29 is 9.90 Å². The number of rotatable bonds is 4. The molecule has 5 nitrogen and oxygen atoms in total. The van der Waals surface area contributed by atoms with Crippen molar-refractivity contribution in [2.24, 2.45) is 0 Å². The number of anilines is 1. The Balaban J connectivity index is 2.07. The van der Waals surface area contributed by atoms with Crippen LogP contribution in [-0.2, 0) is 0 Å². The van der Waals surface area contributed by atoms with Crippen LogP contribution in [0.2, 0.25) is 0 Å². The monoisotopic (exact) mass is 263 g/mol. The minimum atomic E-state index is -1.07. The molecule has 18 heavy (non-hydrogen) atoms. The Morgan fingerprint density at radius 1 is 1.33 bits per heavy atom. The molecule has 2 N–H and O–H groups in total. The van der Waals surface area contributed by atoms with Crippen LogP contribution >= 0.6 is 11.3 Å². The predicted molar refractivity (Wildman–Crippen MR) is 70.1 cm³/mol. The zero-order valence-corrected chi connectivity index (χ0v) is 10.9. The number of aromatic carboxylic acids is 1. The summed E-state index contributed by atoms with van der Waals surface area (Å²) in [6, 6.07) is 7.31. The van der Waals surface area contributed by atoms with E-state index in [0.717, 1.165) is 0 Å². The smallest absolute Gasteiger partial charge is 0.356 e.